The van der Waals surface area contributed by atoms with Gasteiger partial charge in [0.15, 0.2) is 12.2 Å². The molecule has 0 spiro atoms. The second-order valence-electron chi connectivity index (χ2n) is 9.09. The summed E-state index contributed by atoms with van der Waals surface area (Å²) in [5.74, 6) is -0.323. The SMILES string of the molecule is COc1ccc(OC)c(C2CCCN2C(=O)[C@H](O)[C@@H](O)C(=O)NCc2cc(Cc3ccccc3Cl)cs2)c1. The lowest BCUT2D eigenvalue weighted by Gasteiger charge is -2.29. The molecule has 0 saturated carbocycles. The molecule has 3 aromatic rings. The number of nitrogens with one attached hydrogen (secondary N) is 1. The Morgan fingerprint density at radius 1 is 1.13 bits per heavy atom. The van der Waals surface area contributed by atoms with Crippen molar-refractivity contribution in [1.82, 2.24) is 10.2 Å². The number of hydrogen-bond donors (Lipinski definition) is 3. The Balaban J connectivity index is 1.36. The first-order valence-corrected chi connectivity index (χ1v) is 13.5. The number of likely N-dealkylation sites (tertiary alicyclic amines) is 1. The van der Waals surface area contributed by atoms with E-state index in [1.165, 1.54) is 16.2 Å². The van der Waals surface area contributed by atoms with E-state index in [9.17, 15) is 19.8 Å². The molecule has 38 heavy (non-hydrogen) atoms. The molecule has 0 aliphatic carbocycles. The van der Waals surface area contributed by atoms with Gasteiger partial charge < -0.3 is 29.9 Å². The highest BCUT2D eigenvalue weighted by atomic mass is 35.5. The third kappa shape index (κ3) is 6.30. The van der Waals surface area contributed by atoms with Gasteiger partial charge in [0, 0.05) is 22.0 Å². The molecule has 3 N–H and O–H groups in total. The van der Waals surface area contributed by atoms with Crippen LogP contribution in [-0.4, -0.2) is 59.9 Å². The first-order chi connectivity index (χ1) is 18.3. The molecule has 8 nitrogen and oxygen atoms in total. The monoisotopic (exact) mass is 558 g/mol. The van der Waals surface area contributed by atoms with Gasteiger partial charge in [0.2, 0.25) is 0 Å². The van der Waals surface area contributed by atoms with Gasteiger partial charge in [-0.15, -0.1) is 11.3 Å². The Kier molecular flexibility index (Phi) is 9.27. The van der Waals surface area contributed by atoms with Crippen LogP contribution < -0.4 is 14.8 Å². The van der Waals surface area contributed by atoms with Crippen LogP contribution in [0.25, 0.3) is 0 Å². The number of carbonyl (C=O) groups excluding carboxylic acids is 2. The van der Waals surface area contributed by atoms with Crippen LogP contribution in [0.15, 0.2) is 53.9 Å². The molecule has 0 bridgehead atoms. The zero-order valence-electron chi connectivity index (χ0n) is 21.2. The molecular formula is C28H31ClN2O6S. The van der Waals surface area contributed by atoms with Crippen LogP contribution in [0.2, 0.25) is 5.02 Å². The highest BCUT2D eigenvalue weighted by molar-refractivity contribution is 7.10. The van der Waals surface area contributed by atoms with Crippen LogP contribution in [0, 0.1) is 0 Å². The summed E-state index contributed by atoms with van der Waals surface area (Å²) in [6.07, 6.45) is -1.78. The van der Waals surface area contributed by atoms with Crippen molar-refractivity contribution in [2.75, 3.05) is 20.8 Å². The summed E-state index contributed by atoms with van der Waals surface area (Å²) < 4.78 is 10.8. The molecule has 1 unspecified atom stereocenters. The fourth-order valence-electron chi connectivity index (χ4n) is 4.65. The van der Waals surface area contributed by atoms with E-state index >= 15 is 0 Å². The Morgan fingerprint density at radius 2 is 1.92 bits per heavy atom. The zero-order valence-corrected chi connectivity index (χ0v) is 22.8. The third-order valence-electron chi connectivity index (χ3n) is 6.65. The molecule has 2 amide bonds. The molecule has 1 aliphatic heterocycles. The molecule has 1 fully saturated rings. The van der Waals surface area contributed by atoms with Crippen molar-refractivity contribution < 1.29 is 29.3 Å². The quantitative estimate of drug-likeness (QED) is 0.350. The molecule has 1 aromatic heterocycles. The number of ether oxygens (including phenoxy) is 2. The van der Waals surface area contributed by atoms with Gasteiger partial charge in [-0.05, 0) is 66.1 Å². The van der Waals surface area contributed by atoms with Crippen LogP contribution in [0.4, 0.5) is 0 Å². The van der Waals surface area contributed by atoms with Gasteiger partial charge in [0.1, 0.15) is 11.5 Å². The lowest BCUT2D eigenvalue weighted by molar-refractivity contribution is -0.153. The number of halogens is 1. The van der Waals surface area contributed by atoms with Gasteiger partial charge in [-0.1, -0.05) is 29.8 Å². The molecule has 1 aliphatic rings. The van der Waals surface area contributed by atoms with Crippen LogP contribution in [0.3, 0.4) is 0 Å². The summed E-state index contributed by atoms with van der Waals surface area (Å²) in [7, 11) is 3.10. The highest BCUT2D eigenvalue weighted by Gasteiger charge is 2.39. The molecule has 3 atom stereocenters. The van der Waals surface area contributed by atoms with Crippen molar-refractivity contribution in [2.45, 2.75) is 44.1 Å². The molecule has 10 heteroatoms. The Morgan fingerprint density at radius 3 is 2.66 bits per heavy atom. The van der Waals surface area contributed by atoms with Gasteiger partial charge in [0.05, 0.1) is 26.8 Å². The largest absolute Gasteiger partial charge is 0.497 e. The van der Waals surface area contributed by atoms with Crippen molar-refractivity contribution in [3.8, 4) is 11.5 Å². The Bertz CT molecular complexity index is 1280. The van der Waals surface area contributed by atoms with Gasteiger partial charge >= 0.3 is 0 Å². The normalized spacial score (nSPS) is 16.7. The Labute approximate surface area is 230 Å². The highest BCUT2D eigenvalue weighted by Crippen LogP contribution is 2.39. The predicted molar refractivity (Wildman–Crippen MR) is 146 cm³/mol. The van der Waals surface area contributed by atoms with Crippen LogP contribution >= 0.6 is 22.9 Å². The second kappa shape index (κ2) is 12.6. The number of benzene rings is 2. The van der Waals surface area contributed by atoms with Crippen molar-refractivity contribution >= 4 is 34.8 Å². The zero-order chi connectivity index (χ0) is 27.2. The summed E-state index contributed by atoms with van der Waals surface area (Å²) in [6.45, 7) is 0.552. The van der Waals surface area contributed by atoms with Gasteiger partial charge in [0.25, 0.3) is 11.8 Å². The lowest BCUT2D eigenvalue weighted by atomic mass is 10.0. The Hall–Kier alpha value is -3.11. The van der Waals surface area contributed by atoms with E-state index in [0.717, 1.165) is 21.6 Å². The summed E-state index contributed by atoms with van der Waals surface area (Å²) in [6, 6.07) is 14.5. The number of hydrogen-bond acceptors (Lipinski definition) is 7. The van der Waals surface area contributed by atoms with E-state index in [0.29, 0.717) is 42.3 Å². The smallest absolute Gasteiger partial charge is 0.255 e. The number of methoxy groups -OCH3 is 2. The number of nitrogens with zero attached hydrogens (tertiary/aromatic N) is 1. The number of aliphatic hydroxyl groups excluding tert-OH is 2. The standard InChI is InChI=1S/C28H31ClN2O6S/c1-36-19-9-10-24(37-2)21(14-19)23-8-5-11-31(23)28(35)26(33)25(32)27(34)30-15-20-13-17(16-38-20)12-18-6-3-4-7-22(18)29/h3-4,6-7,9-10,13-14,16,23,25-26,32-33H,5,8,11-12,15H2,1-2H3,(H,30,34)/t23?,25-,26-/m1/s1. The number of rotatable bonds is 10. The van der Waals surface area contributed by atoms with E-state index in [1.807, 2.05) is 35.7 Å². The molecule has 1 saturated heterocycles. The first-order valence-electron chi connectivity index (χ1n) is 12.3. The number of aliphatic hydroxyl groups is 2. The molecule has 2 heterocycles. The van der Waals surface area contributed by atoms with E-state index in [2.05, 4.69) is 5.32 Å². The first kappa shape index (κ1) is 27.9. The molecule has 2 aromatic carbocycles. The van der Waals surface area contributed by atoms with E-state index < -0.39 is 24.0 Å². The average Bonchev–Trinajstić information content (AvgIpc) is 3.61. The van der Waals surface area contributed by atoms with Gasteiger partial charge in [-0.3, -0.25) is 9.59 Å². The topological polar surface area (TPSA) is 108 Å². The number of thiophene rings is 1. The van der Waals surface area contributed by atoms with E-state index in [-0.39, 0.29) is 12.6 Å². The number of amides is 2. The number of carbonyl (C=O) groups is 2. The maximum Gasteiger partial charge on any atom is 0.255 e. The summed E-state index contributed by atoms with van der Waals surface area (Å²) in [5.41, 5.74) is 2.80. The summed E-state index contributed by atoms with van der Waals surface area (Å²) in [4.78, 5) is 28.1. The third-order valence-corrected chi connectivity index (χ3v) is 8.00. The molecular weight excluding hydrogens is 528 g/mol. The molecule has 202 valence electrons. The van der Waals surface area contributed by atoms with Crippen LogP contribution in [0.1, 0.15) is 40.5 Å². The molecule has 4 rings (SSSR count). The maximum atomic E-state index is 13.2. The predicted octanol–water partition coefficient (Wildman–Crippen LogP) is 3.71. The minimum atomic E-state index is -1.90. The fraction of sp³-hybridized carbons (Fsp3) is 0.357. The van der Waals surface area contributed by atoms with Gasteiger partial charge in [-0.25, -0.2) is 0 Å². The van der Waals surface area contributed by atoms with E-state index in [1.54, 1.807) is 32.4 Å². The molecule has 0 radical (unpaired) electrons. The van der Waals surface area contributed by atoms with Crippen molar-refractivity contribution in [2.24, 2.45) is 0 Å². The minimum absolute atomic E-state index is 0.164. The van der Waals surface area contributed by atoms with E-state index in [4.69, 9.17) is 21.1 Å². The summed E-state index contributed by atoms with van der Waals surface area (Å²) >= 11 is 7.71. The van der Waals surface area contributed by atoms with Crippen LogP contribution in [-0.2, 0) is 22.6 Å². The summed E-state index contributed by atoms with van der Waals surface area (Å²) in [5, 5.41) is 26.4. The van der Waals surface area contributed by atoms with Crippen molar-refractivity contribution in [3.05, 3.63) is 80.5 Å². The van der Waals surface area contributed by atoms with Crippen molar-refractivity contribution in [3.63, 3.8) is 0 Å². The second-order valence-corrected chi connectivity index (χ2v) is 10.5. The minimum Gasteiger partial charge on any atom is -0.497 e. The van der Waals surface area contributed by atoms with Crippen molar-refractivity contribution in [1.29, 1.82) is 0 Å². The average molecular weight is 559 g/mol. The lowest BCUT2D eigenvalue weighted by Crippen LogP contribution is -2.50. The van der Waals surface area contributed by atoms with Gasteiger partial charge in [-0.2, -0.15) is 0 Å². The maximum absolute atomic E-state index is 13.2. The van der Waals surface area contributed by atoms with Crippen LogP contribution in [0.5, 0.6) is 11.5 Å². The fourth-order valence-corrected chi connectivity index (χ4v) is 5.69.